The summed E-state index contributed by atoms with van der Waals surface area (Å²) in [7, 11) is 0. The van der Waals surface area contributed by atoms with Gasteiger partial charge < -0.3 is 5.32 Å². The van der Waals surface area contributed by atoms with E-state index in [2.05, 4.69) is 10.3 Å². The lowest BCUT2D eigenvalue weighted by Gasteiger charge is -2.06. The average Bonchev–Trinajstić information content (AvgIpc) is 2.65. The van der Waals surface area contributed by atoms with Crippen molar-refractivity contribution >= 4 is 23.3 Å². The Bertz CT molecular complexity index is 401. The molecule has 0 aliphatic carbocycles. The number of aromatic nitrogens is 1. The van der Waals surface area contributed by atoms with Gasteiger partial charge in [0, 0.05) is 17.1 Å². The summed E-state index contributed by atoms with van der Waals surface area (Å²) in [6, 6.07) is 1.90. The van der Waals surface area contributed by atoms with Gasteiger partial charge >= 0.3 is 0 Å². The molecule has 0 aliphatic heterocycles. The van der Waals surface area contributed by atoms with Gasteiger partial charge in [-0.3, -0.25) is 9.78 Å². The molecule has 0 saturated carbocycles. The highest BCUT2D eigenvalue weighted by molar-refractivity contribution is 7.10. The van der Waals surface area contributed by atoms with E-state index in [0.29, 0.717) is 0 Å². The SMILES string of the molecule is CC(C)NC(=O)/C(C#N)=C/c1cncs1. The molecule has 0 atom stereocenters. The van der Waals surface area contributed by atoms with Crippen LogP contribution in [0, 0.1) is 11.3 Å². The van der Waals surface area contributed by atoms with Crippen LogP contribution in [0.3, 0.4) is 0 Å². The Hall–Kier alpha value is -1.67. The molecule has 1 N–H and O–H groups in total. The highest BCUT2D eigenvalue weighted by atomic mass is 32.1. The first kappa shape index (κ1) is 11.4. The third-order valence-corrected chi connectivity index (χ3v) is 2.25. The van der Waals surface area contributed by atoms with Crippen LogP contribution < -0.4 is 5.32 Å². The van der Waals surface area contributed by atoms with E-state index in [-0.39, 0.29) is 17.5 Å². The monoisotopic (exact) mass is 221 g/mol. The fourth-order valence-corrected chi connectivity index (χ4v) is 1.48. The first-order valence-corrected chi connectivity index (χ1v) is 5.32. The van der Waals surface area contributed by atoms with Crippen molar-refractivity contribution in [2.24, 2.45) is 0 Å². The normalized spacial score (nSPS) is 11.2. The first-order chi connectivity index (χ1) is 7.13. The maximum absolute atomic E-state index is 11.5. The summed E-state index contributed by atoms with van der Waals surface area (Å²) in [5.74, 6) is -0.346. The van der Waals surface area contributed by atoms with E-state index >= 15 is 0 Å². The van der Waals surface area contributed by atoms with E-state index in [0.717, 1.165) is 4.88 Å². The third-order valence-electron chi connectivity index (χ3n) is 1.52. The summed E-state index contributed by atoms with van der Waals surface area (Å²) in [5.41, 5.74) is 1.76. The maximum Gasteiger partial charge on any atom is 0.262 e. The second-order valence-electron chi connectivity index (χ2n) is 3.20. The average molecular weight is 221 g/mol. The van der Waals surface area contributed by atoms with Gasteiger partial charge in [-0.2, -0.15) is 5.26 Å². The van der Waals surface area contributed by atoms with E-state index in [1.165, 1.54) is 17.4 Å². The summed E-state index contributed by atoms with van der Waals surface area (Å²) < 4.78 is 0. The molecule has 5 heteroatoms. The van der Waals surface area contributed by atoms with Gasteiger partial charge in [-0.25, -0.2) is 0 Å². The number of hydrogen-bond donors (Lipinski definition) is 1. The second-order valence-corrected chi connectivity index (χ2v) is 4.12. The van der Waals surface area contributed by atoms with E-state index in [1.54, 1.807) is 11.7 Å². The van der Waals surface area contributed by atoms with Crippen LogP contribution in [0.4, 0.5) is 0 Å². The van der Waals surface area contributed by atoms with Gasteiger partial charge in [0.1, 0.15) is 11.6 Å². The van der Waals surface area contributed by atoms with Crippen LogP contribution in [0.15, 0.2) is 17.3 Å². The number of thiazole rings is 1. The lowest BCUT2D eigenvalue weighted by atomic mass is 10.2. The number of hydrogen-bond acceptors (Lipinski definition) is 4. The van der Waals surface area contributed by atoms with Gasteiger partial charge in [-0.05, 0) is 19.9 Å². The molecular weight excluding hydrogens is 210 g/mol. The molecular formula is C10H11N3OS. The molecule has 0 radical (unpaired) electrons. The third kappa shape index (κ3) is 3.52. The Morgan fingerprint density at radius 1 is 1.73 bits per heavy atom. The van der Waals surface area contributed by atoms with Crippen LogP contribution in [0.5, 0.6) is 0 Å². The number of carbonyl (C=O) groups is 1. The molecule has 1 amide bonds. The Morgan fingerprint density at radius 2 is 2.47 bits per heavy atom. The Morgan fingerprint density at radius 3 is 2.93 bits per heavy atom. The smallest absolute Gasteiger partial charge is 0.262 e. The minimum Gasteiger partial charge on any atom is -0.349 e. The highest BCUT2D eigenvalue weighted by Gasteiger charge is 2.09. The van der Waals surface area contributed by atoms with Gasteiger partial charge in [0.2, 0.25) is 0 Å². The van der Waals surface area contributed by atoms with Crippen molar-refractivity contribution in [3.63, 3.8) is 0 Å². The first-order valence-electron chi connectivity index (χ1n) is 4.44. The molecule has 0 fully saturated rings. The fourth-order valence-electron chi connectivity index (χ4n) is 0.928. The van der Waals surface area contributed by atoms with Gasteiger partial charge in [0.25, 0.3) is 5.91 Å². The molecule has 1 heterocycles. The number of nitrogens with zero attached hydrogens (tertiary/aromatic N) is 2. The lowest BCUT2D eigenvalue weighted by molar-refractivity contribution is -0.117. The quantitative estimate of drug-likeness (QED) is 0.622. The zero-order chi connectivity index (χ0) is 11.3. The molecule has 78 valence electrons. The van der Waals surface area contributed by atoms with Crippen molar-refractivity contribution in [1.82, 2.24) is 10.3 Å². The Kier molecular flexibility index (Phi) is 4.01. The zero-order valence-corrected chi connectivity index (χ0v) is 9.34. The van der Waals surface area contributed by atoms with E-state index in [4.69, 9.17) is 5.26 Å². The van der Waals surface area contributed by atoms with E-state index in [1.807, 2.05) is 19.9 Å². The van der Waals surface area contributed by atoms with Crippen LogP contribution in [0.1, 0.15) is 18.7 Å². The zero-order valence-electron chi connectivity index (χ0n) is 8.52. The van der Waals surface area contributed by atoms with Crippen LogP contribution in [0.25, 0.3) is 6.08 Å². The summed E-state index contributed by atoms with van der Waals surface area (Å²) in [5, 5.41) is 11.5. The Labute approximate surface area is 92.3 Å². The molecule has 0 saturated heterocycles. The minimum atomic E-state index is -0.346. The molecule has 0 bridgehead atoms. The van der Waals surface area contributed by atoms with Gasteiger partial charge in [-0.1, -0.05) is 0 Å². The van der Waals surface area contributed by atoms with Gasteiger partial charge in [-0.15, -0.1) is 11.3 Å². The van der Waals surface area contributed by atoms with Crippen molar-refractivity contribution in [2.45, 2.75) is 19.9 Å². The summed E-state index contributed by atoms with van der Waals surface area (Å²) in [4.78, 5) is 16.2. The predicted octanol–water partition coefficient (Wildman–Crippen LogP) is 1.57. The number of amides is 1. The van der Waals surface area contributed by atoms with Crippen LogP contribution in [-0.2, 0) is 4.79 Å². The summed E-state index contributed by atoms with van der Waals surface area (Å²) in [6.45, 7) is 3.69. The fraction of sp³-hybridized carbons (Fsp3) is 0.300. The van der Waals surface area contributed by atoms with Crippen molar-refractivity contribution in [1.29, 1.82) is 5.26 Å². The standard InChI is InChI=1S/C10H11N3OS/c1-7(2)13-10(14)8(4-11)3-9-5-12-6-15-9/h3,5-7H,1-2H3,(H,13,14)/b8-3+. The van der Waals surface area contributed by atoms with Gasteiger partial charge in [0.15, 0.2) is 0 Å². The van der Waals surface area contributed by atoms with Crippen LogP contribution in [0.2, 0.25) is 0 Å². The largest absolute Gasteiger partial charge is 0.349 e. The predicted molar refractivity (Wildman–Crippen MR) is 59.0 cm³/mol. The molecule has 1 rings (SSSR count). The van der Waals surface area contributed by atoms with Crippen LogP contribution in [-0.4, -0.2) is 16.9 Å². The minimum absolute atomic E-state index is 0.0238. The number of nitriles is 1. The molecule has 4 nitrogen and oxygen atoms in total. The van der Waals surface area contributed by atoms with E-state index < -0.39 is 0 Å². The molecule has 1 aromatic heterocycles. The number of nitrogens with one attached hydrogen (secondary N) is 1. The summed E-state index contributed by atoms with van der Waals surface area (Å²) in [6.07, 6.45) is 3.15. The lowest BCUT2D eigenvalue weighted by Crippen LogP contribution is -2.30. The molecule has 0 unspecified atom stereocenters. The second kappa shape index (κ2) is 5.27. The maximum atomic E-state index is 11.5. The van der Waals surface area contributed by atoms with Crippen LogP contribution >= 0.6 is 11.3 Å². The Balaban J connectivity index is 2.81. The molecule has 0 aliphatic rings. The summed E-state index contributed by atoms with van der Waals surface area (Å²) >= 11 is 1.38. The number of carbonyl (C=O) groups excluding carboxylic acids is 1. The highest BCUT2D eigenvalue weighted by Crippen LogP contribution is 2.11. The molecule has 15 heavy (non-hydrogen) atoms. The van der Waals surface area contributed by atoms with Crippen molar-refractivity contribution in [2.75, 3.05) is 0 Å². The molecule has 1 aromatic rings. The van der Waals surface area contributed by atoms with Crippen molar-refractivity contribution < 1.29 is 4.79 Å². The van der Waals surface area contributed by atoms with Crippen molar-refractivity contribution in [3.05, 3.63) is 22.2 Å². The molecule has 0 aromatic carbocycles. The van der Waals surface area contributed by atoms with Gasteiger partial charge in [0.05, 0.1) is 5.51 Å². The topological polar surface area (TPSA) is 65.8 Å². The molecule has 0 spiro atoms. The van der Waals surface area contributed by atoms with E-state index in [9.17, 15) is 4.79 Å². The van der Waals surface area contributed by atoms with Crippen molar-refractivity contribution in [3.8, 4) is 6.07 Å². The number of rotatable bonds is 3.